The third-order valence-electron chi connectivity index (χ3n) is 4.07. The highest BCUT2D eigenvalue weighted by atomic mass is 32.1. The summed E-state index contributed by atoms with van der Waals surface area (Å²) in [6.07, 6.45) is 1.07. The minimum atomic E-state index is 0.635. The predicted molar refractivity (Wildman–Crippen MR) is 96.4 cm³/mol. The van der Waals surface area contributed by atoms with Gasteiger partial charge in [0.2, 0.25) is 0 Å². The molecule has 5 nitrogen and oxygen atoms in total. The van der Waals surface area contributed by atoms with Crippen LogP contribution in [0.2, 0.25) is 0 Å². The van der Waals surface area contributed by atoms with Crippen LogP contribution in [0.15, 0.2) is 5.38 Å². The van der Waals surface area contributed by atoms with Gasteiger partial charge in [-0.25, -0.2) is 9.97 Å². The summed E-state index contributed by atoms with van der Waals surface area (Å²) in [6, 6.07) is 0. The van der Waals surface area contributed by atoms with Crippen molar-refractivity contribution < 1.29 is 4.74 Å². The van der Waals surface area contributed by atoms with Crippen LogP contribution in [0.25, 0.3) is 10.2 Å². The van der Waals surface area contributed by atoms with Crippen molar-refractivity contribution in [2.24, 2.45) is 5.92 Å². The van der Waals surface area contributed by atoms with Gasteiger partial charge >= 0.3 is 0 Å². The molecule has 0 radical (unpaired) electrons. The number of fused-ring (bicyclic) bond motifs is 1. The fourth-order valence-electron chi connectivity index (χ4n) is 2.98. The fourth-order valence-corrected chi connectivity index (χ4v) is 3.98. The Labute approximate surface area is 142 Å². The van der Waals surface area contributed by atoms with Crippen LogP contribution in [-0.4, -0.2) is 54.3 Å². The van der Waals surface area contributed by atoms with E-state index in [2.05, 4.69) is 39.4 Å². The molecule has 2 aromatic heterocycles. The molecule has 1 aliphatic rings. The zero-order valence-corrected chi connectivity index (χ0v) is 15.1. The molecule has 1 aliphatic heterocycles. The van der Waals surface area contributed by atoms with Crippen LogP contribution in [-0.2, 0) is 11.2 Å². The van der Waals surface area contributed by atoms with Crippen LogP contribution in [0, 0.1) is 12.8 Å². The molecule has 6 heteroatoms. The smallest absolute Gasteiger partial charge is 0.138 e. The lowest BCUT2D eigenvalue weighted by Gasteiger charge is -2.26. The summed E-state index contributed by atoms with van der Waals surface area (Å²) >= 11 is 1.73. The summed E-state index contributed by atoms with van der Waals surface area (Å²) in [7, 11) is 0. The molecule has 0 aliphatic carbocycles. The number of anilines is 1. The van der Waals surface area contributed by atoms with Crippen molar-refractivity contribution in [3.63, 3.8) is 0 Å². The second-order valence-corrected chi connectivity index (χ2v) is 7.40. The molecule has 3 rings (SSSR count). The minimum absolute atomic E-state index is 0.635. The van der Waals surface area contributed by atoms with E-state index in [1.807, 2.05) is 6.92 Å². The number of aromatic nitrogens is 2. The maximum atomic E-state index is 5.40. The van der Waals surface area contributed by atoms with Gasteiger partial charge in [-0.1, -0.05) is 13.8 Å². The minimum Gasteiger partial charge on any atom is -0.379 e. The van der Waals surface area contributed by atoms with Gasteiger partial charge in [0.15, 0.2) is 0 Å². The highest BCUT2D eigenvalue weighted by molar-refractivity contribution is 7.17. The van der Waals surface area contributed by atoms with Crippen LogP contribution >= 0.6 is 11.3 Å². The molecule has 0 spiro atoms. The normalized spacial score (nSPS) is 16.3. The predicted octanol–water partition coefficient (Wildman–Crippen LogP) is 2.94. The Kier molecular flexibility index (Phi) is 5.46. The van der Waals surface area contributed by atoms with E-state index < -0.39 is 0 Å². The number of rotatable bonds is 6. The quantitative estimate of drug-likeness (QED) is 0.880. The first-order chi connectivity index (χ1) is 11.1. The summed E-state index contributed by atoms with van der Waals surface area (Å²) < 4.78 is 5.40. The van der Waals surface area contributed by atoms with Gasteiger partial charge in [-0.15, -0.1) is 11.3 Å². The van der Waals surface area contributed by atoms with Gasteiger partial charge in [0.05, 0.1) is 18.6 Å². The lowest BCUT2D eigenvalue weighted by molar-refractivity contribution is 0.0398. The SMILES string of the molecule is Cc1nc(NCCN2CCOCC2)c2c(CC(C)C)csc2n1. The van der Waals surface area contributed by atoms with Crippen LogP contribution in [0.1, 0.15) is 25.2 Å². The molecule has 0 aromatic carbocycles. The van der Waals surface area contributed by atoms with Gasteiger partial charge in [-0.3, -0.25) is 4.90 Å². The zero-order chi connectivity index (χ0) is 16.2. The van der Waals surface area contributed by atoms with Gasteiger partial charge in [0, 0.05) is 26.2 Å². The molecule has 126 valence electrons. The summed E-state index contributed by atoms with van der Waals surface area (Å²) in [4.78, 5) is 12.8. The monoisotopic (exact) mass is 334 g/mol. The topological polar surface area (TPSA) is 50.3 Å². The van der Waals surface area contributed by atoms with E-state index in [-0.39, 0.29) is 0 Å². The molecule has 1 fully saturated rings. The van der Waals surface area contributed by atoms with Crippen molar-refractivity contribution in [1.29, 1.82) is 0 Å². The third-order valence-corrected chi connectivity index (χ3v) is 4.99. The van der Waals surface area contributed by atoms with Crippen molar-refractivity contribution in [2.45, 2.75) is 27.2 Å². The van der Waals surface area contributed by atoms with E-state index in [4.69, 9.17) is 4.74 Å². The molecule has 1 N–H and O–H groups in total. The summed E-state index contributed by atoms with van der Waals surface area (Å²) in [6.45, 7) is 12.1. The van der Waals surface area contributed by atoms with Gasteiger partial charge in [-0.05, 0) is 30.2 Å². The Hall–Kier alpha value is -1.24. The van der Waals surface area contributed by atoms with Gasteiger partial charge in [-0.2, -0.15) is 0 Å². The van der Waals surface area contributed by atoms with E-state index in [0.29, 0.717) is 5.92 Å². The lowest BCUT2D eigenvalue weighted by Crippen LogP contribution is -2.39. The first-order valence-corrected chi connectivity index (χ1v) is 9.30. The second-order valence-electron chi connectivity index (χ2n) is 6.54. The highest BCUT2D eigenvalue weighted by Gasteiger charge is 2.15. The number of hydrogen-bond acceptors (Lipinski definition) is 6. The van der Waals surface area contributed by atoms with Crippen molar-refractivity contribution in [3.8, 4) is 0 Å². The Morgan fingerprint density at radius 1 is 1.30 bits per heavy atom. The molecule has 0 unspecified atom stereocenters. The third kappa shape index (κ3) is 4.19. The maximum Gasteiger partial charge on any atom is 0.138 e. The van der Waals surface area contributed by atoms with Crippen LogP contribution in [0.4, 0.5) is 5.82 Å². The molecular formula is C17H26N4OS. The average molecular weight is 334 g/mol. The number of nitrogens with zero attached hydrogens (tertiary/aromatic N) is 3. The second kappa shape index (κ2) is 7.55. The van der Waals surface area contributed by atoms with E-state index in [1.165, 1.54) is 10.9 Å². The Bertz CT molecular complexity index is 649. The van der Waals surface area contributed by atoms with Crippen LogP contribution in [0.3, 0.4) is 0 Å². The van der Waals surface area contributed by atoms with E-state index >= 15 is 0 Å². The summed E-state index contributed by atoms with van der Waals surface area (Å²) in [5.74, 6) is 2.47. The first-order valence-electron chi connectivity index (χ1n) is 8.42. The Morgan fingerprint density at radius 3 is 2.83 bits per heavy atom. The van der Waals surface area contributed by atoms with Crippen LogP contribution in [0.5, 0.6) is 0 Å². The van der Waals surface area contributed by atoms with E-state index in [1.54, 1.807) is 11.3 Å². The molecule has 0 atom stereocenters. The van der Waals surface area contributed by atoms with Gasteiger partial charge in [0.25, 0.3) is 0 Å². The van der Waals surface area contributed by atoms with Gasteiger partial charge in [0.1, 0.15) is 16.5 Å². The number of aryl methyl sites for hydroxylation is 1. The Morgan fingerprint density at radius 2 is 2.09 bits per heavy atom. The van der Waals surface area contributed by atoms with E-state index in [9.17, 15) is 0 Å². The molecule has 0 amide bonds. The molecular weight excluding hydrogens is 308 g/mol. The summed E-state index contributed by atoms with van der Waals surface area (Å²) in [5, 5.41) is 7.01. The molecule has 2 aromatic rings. The standard InChI is InChI=1S/C17H26N4OS/c1-12(2)10-14-11-23-17-15(14)16(19-13(3)20-17)18-4-5-21-6-8-22-9-7-21/h11-12H,4-10H2,1-3H3,(H,18,19,20). The lowest BCUT2D eigenvalue weighted by atomic mass is 10.0. The number of hydrogen-bond donors (Lipinski definition) is 1. The first kappa shape index (κ1) is 16.6. The molecule has 0 saturated carbocycles. The number of nitrogens with one attached hydrogen (secondary N) is 1. The number of thiophene rings is 1. The summed E-state index contributed by atoms with van der Waals surface area (Å²) in [5.41, 5.74) is 1.37. The Balaban J connectivity index is 1.74. The van der Waals surface area contributed by atoms with E-state index in [0.717, 1.165) is 62.3 Å². The van der Waals surface area contributed by atoms with Crippen molar-refractivity contribution >= 4 is 27.4 Å². The highest BCUT2D eigenvalue weighted by Crippen LogP contribution is 2.31. The van der Waals surface area contributed by atoms with Crippen molar-refractivity contribution in [2.75, 3.05) is 44.7 Å². The molecule has 3 heterocycles. The number of ether oxygens (including phenoxy) is 1. The van der Waals surface area contributed by atoms with Crippen molar-refractivity contribution in [3.05, 3.63) is 16.8 Å². The van der Waals surface area contributed by atoms with Gasteiger partial charge < -0.3 is 10.1 Å². The maximum absolute atomic E-state index is 5.40. The number of morpholine rings is 1. The van der Waals surface area contributed by atoms with Crippen LogP contribution < -0.4 is 5.32 Å². The molecule has 1 saturated heterocycles. The average Bonchev–Trinajstić information content (AvgIpc) is 2.90. The fraction of sp³-hybridized carbons (Fsp3) is 0.647. The molecule has 23 heavy (non-hydrogen) atoms. The molecule has 0 bridgehead atoms. The largest absolute Gasteiger partial charge is 0.379 e. The van der Waals surface area contributed by atoms with Crippen molar-refractivity contribution in [1.82, 2.24) is 14.9 Å². The zero-order valence-electron chi connectivity index (χ0n) is 14.3.